The molecule has 0 spiro atoms. The molecule has 192 valence electrons. The maximum absolute atomic E-state index is 12.7. The van der Waals surface area contributed by atoms with Crippen LogP contribution in [0.4, 0.5) is 0 Å². The molecule has 0 heterocycles. The SMILES string of the molecule is CCCC(=O)CCCCOCCOCCOCCCN(C(C)=O)C(=O)c1cc(CO)ccc1O. The van der Waals surface area contributed by atoms with Gasteiger partial charge < -0.3 is 24.4 Å². The van der Waals surface area contributed by atoms with E-state index in [0.29, 0.717) is 70.3 Å². The number of aliphatic hydroxyl groups excluding tert-OH is 1. The number of ether oxygens (including phenoxy) is 3. The number of phenolic OH excluding ortho intramolecular Hbond substituents is 1. The summed E-state index contributed by atoms with van der Waals surface area (Å²) in [5.74, 6) is -0.975. The largest absolute Gasteiger partial charge is 0.507 e. The number of hydrogen-bond acceptors (Lipinski definition) is 8. The van der Waals surface area contributed by atoms with E-state index < -0.39 is 11.8 Å². The van der Waals surface area contributed by atoms with E-state index >= 15 is 0 Å². The Bertz CT molecular complexity index is 752. The highest BCUT2D eigenvalue weighted by Crippen LogP contribution is 2.21. The lowest BCUT2D eigenvalue weighted by molar-refractivity contribution is -0.126. The van der Waals surface area contributed by atoms with Gasteiger partial charge in [0.1, 0.15) is 11.5 Å². The van der Waals surface area contributed by atoms with Crippen molar-refractivity contribution in [3.63, 3.8) is 0 Å². The minimum atomic E-state index is -0.615. The summed E-state index contributed by atoms with van der Waals surface area (Å²) < 4.78 is 16.4. The molecular weight excluding hydrogens is 442 g/mol. The number of carbonyl (C=O) groups excluding carboxylic acids is 3. The fourth-order valence-electron chi connectivity index (χ4n) is 3.20. The van der Waals surface area contributed by atoms with E-state index in [-0.39, 0.29) is 24.5 Å². The van der Waals surface area contributed by atoms with E-state index in [2.05, 4.69) is 0 Å². The van der Waals surface area contributed by atoms with E-state index in [9.17, 15) is 24.6 Å². The Morgan fingerprint density at radius 3 is 2.09 bits per heavy atom. The summed E-state index contributed by atoms with van der Waals surface area (Å²) in [6.07, 6.45) is 4.35. The first kappa shape index (κ1) is 29.7. The van der Waals surface area contributed by atoms with Crippen LogP contribution < -0.4 is 0 Å². The second kappa shape index (κ2) is 18.1. The van der Waals surface area contributed by atoms with Gasteiger partial charge in [-0.15, -0.1) is 0 Å². The number of rotatable bonds is 19. The van der Waals surface area contributed by atoms with Crippen LogP contribution in [0.5, 0.6) is 5.75 Å². The standard InChI is InChI=1S/C25H39NO8/c1-3-7-22(29)8-4-5-12-32-14-16-34-17-15-33-13-6-11-26(20(2)28)25(31)23-18-21(19-27)9-10-24(23)30/h9-10,18,27,30H,3-8,11-17,19H2,1-2H3. The first-order valence-corrected chi connectivity index (χ1v) is 11.9. The number of nitrogens with zero attached hydrogens (tertiary/aromatic N) is 1. The summed E-state index contributed by atoms with van der Waals surface area (Å²) >= 11 is 0. The minimum Gasteiger partial charge on any atom is -0.507 e. The Morgan fingerprint density at radius 1 is 0.882 bits per heavy atom. The lowest BCUT2D eigenvalue weighted by Gasteiger charge is -2.20. The van der Waals surface area contributed by atoms with Crippen molar-refractivity contribution >= 4 is 17.6 Å². The Kier molecular flexibility index (Phi) is 15.8. The van der Waals surface area contributed by atoms with Crippen LogP contribution in [0.25, 0.3) is 0 Å². The number of aromatic hydroxyl groups is 1. The monoisotopic (exact) mass is 481 g/mol. The van der Waals surface area contributed by atoms with E-state index in [1.807, 2.05) is 6.92 Å². The molecular formula is C25H39NO8. The van der Waals surface area contributed by atoms with Gasteiger partial charge in [0.05, 0.1) is 38.6 Å². The third kappa shape index (κ3) is 12.2. The molecule has 0 saturated heterocycles. The molecule has 0 atom stereocenters. The number of imide groups is 1. The second-order valence-corrected chi connectivity index (χ2v) is 7.92. The van der Waals surface area contributed by atoms with Gasteiger partial charge in [0, 0.05) is 39.5 Å². The average molecular weight is 482 g/mol. The third-order valence-electron chi connectivity index (χ3n) is 5.04. The summed E-state index contributed by atoms with van der Waals surface area (Å²) in [4.78, 5) is 37.0. The van der Waals surface area contributed by atoms with Crippen LogP contribution in [0.15, 0.2) is 18.2 Å². The Balaban J connectivity index is 2.11. The molecule has 1 aromatic carbocycles. The molecule has 0 unspecified atom stereocenters. The zero-order valence-electron chi connectivity index (χ0n) is 20.4. The van der Waals surface area contributed by atoms with Crippen LogP contribution in [0, 0.1) is 0 Å². The molecule has 2 amide bonds. The zero-order chi connectivity index (χ0) is 25.2. The predicted molar refractivity (Wildman–Crippen MR) is 127 cm³/mol. The number of unbranched alkanes of at least 4 members (excludes halogenated alkanes) is 1. The fraction of sp³-hybridized carbons (Fsp3) is 0.640. The summed E-state index contributed by atoms with van der Waals surface area (Å²) in [5, 5.41) is 19.2. The van der Waals surface area contributed by atoms with Crippen molar-refractivity contribution in [3.8, 4) is 5.75 Å². The molecule has 0 saturated carbocycles. The first-order valence-electron chi connectivity index (χ1n) is 11.9. The lowest BCUT2D eigenvalue weighted by atomic mass is 10.1. The molecule has 9 heteroatoms. The number of amides is 2. The second-order valence-electron chi connectivity index (χ2n) is 7.92. The van der Waals surface area contributed by atoms with Gasteiger partial charge in [-0.25, -0.2) is 0 Å². The quantitative estimate of drug-likeness (QED) is 0.289. The highest BCUT2D eigenvalue weighted by Gasteiger charge is 2.22. The summed E-state index contributed by atoms with van der Waals surface area (Å²) in [7, 11) is 0. The van der Waals surface area contributed by atoms with Gasteiger partial charge in [0.15, 0.2) is 0 Å². The van der Waals surface area contributed by atoms with Crippen molar-refractivity contribution in [1.29, 1.82) is 0 Å². The Hall–Kier alpha value is -2.33. The molecule has 1 aromatic rings. The maximum atomic E-state index is 12.7. The maximum Gasteiger partial charge on any atom is 0.264 e. The molecule has 0 aliphatic carbocycles. The van der Waals surface area contributed by atoms with E-state index in [1.54, 1.807) is 0 Å². The van der Waals surface area contributed by atoms with Gasteiger partial charge in [-0.1, -0.05) is 13.0 Å². The van der Waals surface area contributed by atoms with Crippen molar-refractivity contribution in [2.45, 2.75) is 59.0 Å². The number of carbonyl (C=O) groups is 3. The topological polar surface area (TPSA) is 123 Å². The molecule has 0 bridgehead atoms. The molecule has 0 radical (unpaired) electrons. The van der Waals surface area contributed by atoms with Gasteiger partial charge in [-0.05, 0) is 43.4 Å². The highest BCUT2D eigenvalue weighted by atomic mass is 16.5. The van der Waals surface area contributed by atoms with Gasteiger partial charge in [0.2, 0.25) is 5.91 Å². The third-order valence-corrected chi connectivity index (χ3v) is 5.04. The summed E-state index contributed by atoms with van der Waals surface area (Å²) in [5.41, 5.74) is 0.445. The molecule has 9 nitrogen and oxygen atoms in total. The van der Waals surface area contributed by atoms with Gasteiger partial charge >= 0.3 is 0 Å². The van der Waals surface area contributed by atoms with Crippen molar-refractivity contribution < 1.29 is 38.8 Å². The van der Waals surface area contributed by atoms with Crippen LogP contribution in [0.2, 0.25) is 0 Å². The van der Waals surface area contributed by atoms with Crippen LogP contribution in [-0.2, 0) is 30.4 Å². The van der Waals surface area contributed by atoms with Crippen LogP contribution in [0.1, 0.15) is 68.3 Å². The summed E-state index contributed by atoms with van der Waals surface area (Å²) in [6.45, 7) is 5.87. The molecule has 1 rings (SSSR count). The van der Waals surface area contributed by atoms with E-state index in [4.69, 9.17) is 14.2 Å². The van der Waals surface area contributed by atoms with Crippen LogP contribution in [-0.4, -0.2) is 78.9 Å². The van der Waals surface area contributed by atoms with Crippen LogP contribution >= 0.6 is 0 Å². The molecule has 0 aliphatic heterocycles. The first-order chi connectivity index (χ1) is 16.4. The van der Waals surface area contributed by atoms with Crippen molar-refractivity contribution in [2.75, 3.05) is 46.2 Å². The van der Waals surface area contributed by atoms with Crippen molar-refractivity contribution in [2.24, 2.45) is 0 Å². The molecule has 2 N–H and O–H groups in total. The number of hydrogen-bond donors (Lipinski definition) is 2. The minimum absolute atomic E-state index is 0.0248. The van der Waals surface area contributed by atoms with Gasteiger partial charge in [0.25, 0.3) is 5.91 Å². The normalized spacial score (nSPS) is 10.9. The molecule has 34 heavy (non-hydrogen) atoms. The number of Topliss-reactive ketones (excluding diaryl/α,β-unsaturated/α-hetero) is 1. The van der Waals surface area contributed by atoms with Crippen molar-refractivity contribution in [1.82, 2.24) is 4.90 Å². The van der Waals surface area contributed by atoms with E-state index in [0.717, 1.165) is 24.2 Å². The van der Waals surface area contributed by atoms with Crippen molar-refractivity contribution in [3.05, 3.63) is 29.3 Å². The molecule has 0 aliphatic rings. The predicted octanol–water partition coefficient (Wildman–Crippen LogP) is 2.85. The molecule has 0 fully saturated rings. The van der Waals surface area contributed by atoms with Gasteiger partial charge in [-0.2, -0.15) is 0 Å². The highest BCUT2D eigenvalue weighted by molar-refractivity contribution is 6.05. The fourth-order valence-corrected chi connectivity index (χ4v) is 3.20. The molecule has 0 aromatic heterocycles. The zero-order valence-corrected chi connectivity index (χ0v) is 20.4. The van der Waals surface area contributed by atoms with E-state index in [1.165, 1.54) is 25.1 Å². The summed E-state index contributed by atoms with van der Waals surface area (Å²) in [6, 6.07) is 4.20. The number of benzene rings is 1. The Labute approximate surface area is 202 Å². The average Bonchev–Trinajstić information content (AvgIpc) is 2.81. The van der Waals surface area contributed by atoms with Crippen LogP contribution in [0.3, 0.4) is 0 Å². The number of aliphatic hydroxyl groups is 1. The lowest BCUT2D eigenvalue weighted by Crippen LogP contribution is -2.36. The Morgan fingerprint density at radius 2 is 1.50 bits per heavy atom. The smallest absolute Gasteiger partial charge is 0.264 e. The van der Waals surface area contributed by atoms with Gasteiger partial charge in [-0.3, -0.25) is 19.3 Å². The number of ketones is 1. The number of phenols is 1.